The fourth-order valence-corrected chi connectivity index (χ4v) is 2.95. The second kappa shape index (κ2) is 6.62. The van der Waals surface area contributed by atoms with E-state index in [2.05, 4.69) is 15.1 Å². The summed E-state index contributed by atoms with van der Waals surface area (Å²) in [5, 5.41) is 14.9. The summed E-state index contributed by atoms with van der Waals surface area (Å²) in [5.41, 5.74) is 4.69. The van der Waals surface area contributed by atoms with Gasteiger partial charge in [-0.05, 0) is 23.3 Å². The van der Waals surface area contributed by atoms with Crippen LogP contribution in [-0.4, -0.2) is 43.0 Å². The number of nitrogens with zero attached hydrogens (tertiary/aromatic N) is 5. The Balaban J connectivity index is 1.78. The SMILES string of the molecule is CN(O)C(=O)c1ccc2cncc(-c3ccc(-c4cnn(C)c4)cc3)c2n1. The van der Waals surface area contributed by atoms with Gasteiger partial charge in [0.25, 0.3) is 5.91 Å². The van der Waals surface area contributed by atoms with Crippen LogP contribution in [0.2, 0.25) is 0 Å². The molecule has 4 rings (SSSR count). The van der Waals surface area contributed by atoms with Crippen molar-refractivity contribution in [2.24, 2.45) is 7.05 Å². The van der Waals surface area contributed by atoms with Crippen molar-refractivity contribution in [3.05, 3.63) is 66.9 Å². The molecule has 4 aromatic rings. The van der Waals surface area contributed by atoms with Gasteiger partial charge in [-0.15, -0.1) is 0 Å². The van der Waals surface area contributed by atoms with Gasteiger partial charge in [-0.3, -0.25) is 19.7 Å². The minimum absolute atomic E-state index is 0.173. The van der Waals surface area contributed by atoms with E-state index in [1.165, 1.54) is 7.05 Å². The predicted octanol–water partition coefficient (Wildman–Crippen LogP) is 3.16. The van der Waals surface area contributed by atoms with E-state index < -0.39 is 5.91 Å². The molecule has 1 N–H and O–H groups in total. The minimum Gasteiger partial charge on any atom is -0.286 e. The highest BCUT2D eigenvalue weighted by atomic mass is 16.5. The van der Waals surface area contributed by atoms with Crippen molar-refractivity contribution in [3.63, 3.8) is 0 Å². The Morgan fingerprint density at radius 1 is 1.00 bits per heavy atom. The van der Waals surface area contributed by atoms with Gasteiger partial charge in [-0.1, -0.05) is 24.3 Å². The lowest BCUT2D eigenvalue weighted by atomic mass is 10.0. The first-order valence-corrected chi connectivity index (χ1v) is 8.34. The molecule has 0 atom stereocenters. The molecule has 3 heterocycles. The van der Waals surface area contributed by atoms with Crippen molar-refractivity contribution < 1.29 is 10.0 Å². The quantitative estimate of drug-likeness (QED) is 0.449. The summed E-state index contributed by atoms with van der Waals surface area (Å²) in [6.45, 7) is 0. The van der Waals surface area contributed by atoms with E-state index in [4.69, 9.17) is 0 Å². The van der Waals surface area contributed by atoms with Crippen LogP contribution in [0.25, 0.3) is 33.2 Å². The zero-order valence-electron chi connectivity index (χ0n) is 14.9. The highest BCUT2D eigenvalue weighted by Crippen LogP contribution is 2.29. The normalized spacial score (nSPS) is 10.9. The van der Waals surface area contributed by atoms with E-state index in [0.717, 1.165) is 27.6 Å². The third kappa shape index (κ3) is 3.16. The fourth-order valence-electron chi connectivity index (χ4n) is 2.95. The summed E-state index contributed by atoms with van der Waals surface area (Å²) in [6, 6.07) is 11.4. The van der Waals surface area contributed by atoms with E-state index in [9.17, 15) is 10.0 Å². The maximum Gasteiger partial charge on any atom is 0.295 e. The Bertz CT molecular complexity index is 1130. The van der Waals surface area contributed by atoms with Gasteiger partial charge in [0.1, 0.15) is 5.69 Å². The van der Waals surface area contributed by atoms with Crippen LogP contribution in [0.4, 0.5) is 0 Å². The van der Waals surface area contributed by atoms with E-state index in [0.29, 0.717) is 10.6 Å². The van der Waals surface area contributed by atoms with E-state index in [1.54, 1.807) is 29.2 Å². The second-order valence-electron chi connectivity index (χ2n) is 6.26. The average molecular weight is 359 g/mol. The van der Waals surface area contributed by atoms with Crippen LogP contribution in [0.15, 0.2) is 61.2 Å². The molecule has 0 unspecified atom stereocenters. The number of carbonyl (C=O) groups excluding carboxylic acids is 1. The summed E-state index contributed by atoms with van der Waals surface area (Å²) in [7, 11) is 3.16. The molecule has 7 nitrogen and oxygen atoms in total. The molecule has 1 aromatic carbocycles. The van der Waals surface area contributed by atoms with Crippen LogP contribution in [0, 0.1) is 0 Å². The Hall–Kier alpha value is -3.58. The lowest BCUT2D eigenvalue weighted by Gasteiger charge is -2.10. The van der Waals surface area contributed by atoms with Crippen LogP contribution in [0.3, 0.4) is 0 Å². The van der Waals surface area contributed by atoms with Crippen molar-refractivity contribution in [2.75, 3.05) is 7.05 Å². The molecule has 0 aliphatic carbocycles. The van der Waals surface area contributed by atoms with Crippen molar-refractivity contribution in [1.82, 2.24) is 24.8 Å². The first kappa shape index (κ1) is 16.9. The number of rotatable bonds is 3. The number of aryl methyl sites for hydroxylation is 1. The van der Waals surface area contributed by atoms with Crippen LogP contribution >= 0.6 is 0 Å². The molecule has 7 heteroatoms. The van der Waals surface area contributed by atoms with Gasteiger partial charge in [-0.2, -0.15) is 5.10 Å². The molecule has 0 saturated carbocycles. The largest absolute Gasteiger partial charge is 0.295 e. The van der Waals surface area contributed by atoms with Gasteiger partial charge in [0.05, 0.1) is 11.7 Å². The zero-order chi connectivity index (χ0) is 19.0. The Labute approximate surface area is 155 Å². The lowest BCUT2D eigenvalue weighted by Crippen LogP contribution is -2.23. The van der Waals surface area contributed by atoms with Crippen molar-refractivity contribution in [3.8, 4) is 22.3 Å². The van der Waals surface area contributed by atoms with Crippen molar-refractivity contribution in [1.29, 1.82) is 0 Å². The Morgan fingerprint density at radius 2 is 1.74 bits per heavy atom. The molecule has 0 fully saturated rings. The minimum atomic E-state index is -0.563. The third-order valence-electron chi connectivity index (χ3n) is 4.35. The molecule has 0 aliphatic heterocycles. The fraction of sp³-hybridized carbons (Fsp3) is 0.100. The summed E-state index contributed by atoms with van der Waals surface area (Å²) in [5.74, 6) is -0.563. The lowest BCUT2D eigenvalue weighted by molar-refractivity contribution is -0.0379. The number of pyridine rings is 2. The maximum atomic E-state index is 12.0. The van der Waals surface area contributed by atoms with E-state index in [-0.39, 0.29) is 5.69 Å². The molecule has 0 radical (unpaired) electrons. The molecular formula is C20H17N5O2. The van der Waals surface area contributed by atoms with Crippen LogP contribution in [-0.2, 0) is 7.05 Å². The molecule has 0 spiro atoms. The first-order chi connectivity index (χ1) is 13.0. The van der Waals surface area contributed by atoms with Crippen LogP contribution in [0.5, 0.6) is 0 Å². The monoisotopic (exact) mass is 359 g/mol. The second-order valence-corrected chi connectivity index (χ2v) is 6.26. The molecule has 0 aliphatic rings. The standard InChI is InChI=1S/C20H17N5O2/c1-24-12-16(10-22-24)13-3-5-14(6-4-13)17-11-21-9-15-7-8-18(23-19(15)17)20(26)25(2)27/h3-12,27H,1-2H3. The molecule has 0 bridgehead atoms. The van der Waals surface area contributed by atoms with Gasteiger partial charge in [0.15, 0.2) is 0 Å². The maximum absolute atomic E-state index is 12.0. The zero-order valence-corrected chi connectivity index (χ0v) is 14.9. The highest BCUT2D eigenvalue weighted by Gasteiger charge is 2.14. The summed E-state index contributed by atoms with van der Waals surface area (Å²) in [6.07, 6.45) is 7.21. The number of aromatic nitrogens is 4. The third-order valence-corrected chi connectivity index (χ3v) is 4.35. The van der Waals surface area contributed by atoms with Crippen molar-refractivity contribution in [2.45, 2.75) is 0 Å². The number of hydroxylamine groups is 2. The van der Waals surface area contributed by atoms with E-state index >= 15 is 0 Å². The van der Waals surface area contributed by atoms with Crippen LogP contribution in [0.1, 0.15) is 10.5 Å². The molecule has 3 aromatic heterocycles. The average Bonchev–Trinajstić information content (AvgIpc) is 3.13. The number of fused-ring (bicyclic) bond motifs is 1. The predicted molar refractivity (Wildman–Crippen MR) is 101 cm³/mol. The molecule has 134 valence electrons. The highest BCUT2D eigenvalue weighted by molar-refractivity contribution is 5.98. The van der Waals surface area contributed by atoms with Gasteiger partial charge in [0.2, 0.25) is 0 Å². The summed E-state index contributed by atoms with van der Waals surface area (Å²) >= 11 is 0. The Kier molecular flexibility index (Phi) is 4.13. The van der Waals surface area contributed by atoms with Gasteiger partial charge >= 0.3 is 0 Å². The van der Waals surface area contributed by atoms with Gasteiger partial charge in [-0.25, -0.2) is 10.0 Å². The number of hydrogen-bond acceptors (Lipinski definition) is 5. The number of carbonyl (C=O) groups is 1. The topological polar surface area (TPSA) is 84.1 Å². The summed E-state index contributed by atoms with van der Waals surface area (Å²) < 4.78 is 1.76. The first-order valence-electron chi connectivity index (χ1n) is 8.34. The Morgan fingerprint density at radius 3 is 2.41 bits per heavy atom. The smallest absolute Gasteiger partial charge is 0.286 e. The number of benzene rings is 1. The van der Waals surface area contributed by atoms with Gasteiger partial charge < -0.3 is 0 Å². The van der Waals surface area contributed by atoms with Crippen molar-refractivity contribution >= 4 is 16.8 Å². The molecule has 1 amide bonds. The van der Waals surface area contributed by atoms with Gasteiger partial charge in [0, 0.05) is 49.2 Å². The summed E-state index contributed by atoms with van der Waals surface area (Å²) in [4.78, 5) is 20.8. The molecule has 0 saturated heterocycles. The molecule has 27 heavy (non-hydrogen) atoms. The van der Waals surface area contributed by atoms with Crippen LogP contribution < -0.4 is 0 Å². The van der Waals surface area contributed by atoms with E-state index in [1.807, 2.05) is 43.7 Å². The number of hydrogen-bond donors (Lipinski definition) is 1. The number of amides is 1. The molecular weight excluding hydrogens is 342 g/mol.